The first-order valence-corrected chi connectivity index (χ1v) is 9.47. The summed E-state index contributed by atoms with van der Waals surface area (Å²) >= 11 is 0. The molecule has 0 saturated carbocycles. The zero-order valence-corrected chi connectivity index (χ0v) is 16.9. The van der Waals surface area contributed by atoms with E-state index < -0.39 is 35.9 Å². The normalized spacial score (nSPS) is 11.7. The summed E-state index contributed by atoms with van der Waals surface area (Å²) in [6.07, 6.45) is 0.641. The molecule has 7 N–H and O–H groups in total. The SMILES string of the molecule is Nc1nc2ncc(CN(O)c3ccc(C(=O)N[C@@H](CCC(=O)O)C(=O)O)cc3)nc2c(=O)[nH]1. The van der Waals surface area contributed by atoms with E-state index in [9.17, 15) is 24.4 Å². The Morgan fingerprint density at radius 1 is 1.15 bits per heavy atom. The molecule has 172 valence electrons. The first kappa shape index (κ1) is 23.1. The van der Waals surface area contributed by atoms with Crippen molar-refractivity contribution in [3.05, 3.63) is 52.1 Å². The molecule has 3 aromatic rings. The second-order valence-electron chi connectivity index (χ2n) is 6.89. The molecule has 0 aliphatic rings. The van der Waals surface area contributed by atoms with Crippen molar-refractivity contribution in [2.45, 2.75) is 25.4 Å². The van der Waals surface area contributed by atoms with E-state index in [0.29, 0.717) is 0 Å². The molecule has 0 unspecified atom stereocenters. The van der Waals surface area contributed by atoms with E-state index in [2.05, 4.69) is 25.3 Å². The lowest BCUT2D eigenvalue weighted by molar-refractivity contribution is -0.140. The fraction of sp³-hybridized carbons (Fsp3) is 0.211. The van der Waals surface area contributed by atoms with E-state index in [1.807, 2.05) is 0 Å². The van der Waals surface area contributed by atoms with Crippen molar-refractivity contribution < 1.29 is 29.8 Å². The predicted octanol–water partition coefficient (Wildman–Crippen LogP) is -0.261. The number of nitrogen functional groups attached to an aromatic ring is 1. The number of H-pyrrole nitrogens is 1. The van der Waals surface area contributed by atoms with Gasteiger partial charge >= 0.3 is 11.9 Å². The molecule has 1 amide bonds. The molecule has 3 rings (SSSR count). The second kappa shape index (κ2) is 9.69. The van der Waals surface area contributed by atoms with Gasteiger partial charge < -0.3 is 21.3 Å². The Kier molecular flexibility index (Phi) is 6.78. The van der Waals surface area contributed by atoms with E-state index in [1.54, 1.807) is 0 Å². The maximum atomic E-state index is 12.3. The third kappa shape index (κ3) is 5.76. The zero-order chi connectivity index (χ0) is 24.1. The molecular weight excluding hydrogens is 438 g/mol. The zero-order valence-electron chi connectivity index (χ0n) is 16.9. The summed E-state index contributed by atoms with van der Waals surface area (Å²) < 4.78 is 0. The van der Waals surface area contributed by atoms with Crippen molar-refractivity contribution in [3.8, 4) is 0 Å². The number of rotatable bonds is 9. The van der Waals surface area contributed by atoms with Gasteiger partial charge in [0.15, 0.2) is 11.2 Å². The van der Waals surface area contributed by atoms with Gasteiger partial charge in [0, 0.05) is 12.0 Å². The molecular formula is C19H19N7O7. The van der Waals surface area contributed by atoms with Crippen molar-refractivity contribution >= 4 is 40.6 Å². The van der Waals surface area contributed by atoms with Crippen LogP contribution in [0.4, 0.5) is 11.6 Å². The lowest BCUT2D eigenvalue weighted by atomic mass is 10.1. The van der Waals surface area contributed by atoms with Crippen LogP contribution in [0.1, 0.15) is 28.9 Å². The van der Waals surface area contributed by atoms with Crippen LogP contribution in [-0.2, 0) is 16.1 Å². The third-order valence-corrected chi connectivity index (χ3v) is 4.48. The van der Waals surface area contributed by atoms with Gasteiger partial charge in [0.05, 0.1) is 24.1 Å². The van der Waals surface area contributed by atoms with Crippen LogP contribution in [-0.4, -0.2) is 59.2 Å². The summed E-state index contributed by atoms with van der Waals surface area (Å²) in [4.78, 5) is 60.4. The van der Waals surface area contributed by atoms with Gasteiger partial charge in [-0.2, -0.15) is 4.98 Å². The van der Waals surface area contributed by atoms with Gasteiger partial charge in [-0.15, -0.1) is 0 Å². The lowest BCUT2D eigenvalue weighted by Crippen LogP contribution is -2.41. The molecule has 0 bridgehead atoms. The Morgan fingerprint density at radius 3 is 2.48 bits per heavy atom. The summed E-state index contributed by atoms with van der Waals surface area (Å²) in [5, 5.41) is 31.2. The van der Waals surface area contributed by atoms with Gasteiger partial charge in [-0.25, -0.2) is 14.8 Å². The van der Waals surface area contributed by atoms with Gasteiger partial charge in [0.2, 0.25) is 5.95 Å². The van der Waals surface area contributed by atoms with E-state index in [4.69, 9.17) is 15.9 Å². The number of fused-ring (bicyclic) bond motifs is 1. The minimum Gasteiger partial charge on any atom is -0.481 e. The number of carbonyl (C=O) groups is 3. The number of aromatic nitrogens is 4. The molecule has 1 atom stereocenters. The van der Waals surface area contributed by atoms with Gasteiger partial charge in [-0.1, -0.05) is 0 Å². The number of hydrogen-bond donors (Lipinski definition) is 6. The van der Waals surface area contributed by atoms with Crippen LogP contribution < -0.4 is 21.7 Å². The summed E-state index contributed by atoms with van der Waals surface area (Å²) in [6.45, 7) is -0.144. The standard InChI is InChI=1S/C19H19N7O7/c20-19-24-15-14(17(30)25-19)22-10(7-21-15)8-26(33)11-3-1-9(2-4-11)16(29)23-12(18(31)32)5-6-13(27)28/h1-4,7,12,33H,5-6,8H2,(H,23,29)(H,27,28)(H,31,32)(H3,20,21,24,25,30)/t12-/m0/s1. The maximum Gasteiger partial charge on any atom is 0.326 e. The number of carboxylic acid groups (broad SMARTS) is 2. The number of nitrogens with two attached hydrogens (primary N) is 1. The molecule has 0 radical (unpaired) electrons. The second-order valence-corrected chi connectivity index (χ2v) is 6.89. The number of hydrogen-bond acceptors (Lipinski definition) is 10. The number of amides is 1. The van der Waals surface area contributed by atoms with Crippen molar-refractivity contribution in [2.75, 3.05) is 10.8 Å². The molecule has 0 spiro atoms. The minimum absolute atomic E-state index is 0.0435. The number of carboxylic acids is 2. The first-order chi connectivity index (χ1) is 15.6. The van der Waals surface area contributed by atoms with Crippen LogP contribution in [0, 0.1) is 0 Å². The highest BCUT2D eigenvalue weighted by atomic mass is 16.5. The molecule has 0 fully saturated rings. The van der Waals surface area contributed by atoms with Crippen molar-refractivity contribution in [2.24, 2.45) is 0 Å². The summed E-state index contributed by atoms with van der Waals surface area (Å²) in [6, 6.07) is 4.17. The van der Waals surface area contributed by atoms with Crippen molar-refractivity contribution in [1.29, 1.82) is 0 Å². The molecule has 0 aliphatic carbocycles. The Hall–Kier alpha value is -4.59. The number of carbonyl (C=O) groups excluding carboxylic acids is 1. The monoisotopic (exact) mass is 457 g/mol. The molecule has 1 aromatic carbocycles. The van der Waals surface area contributed by atoms with E-state index in [1.165, 1.54) is 30.5 Å². The van der Waals surface area contributed by atoms with Gasteiger partial charge in [0.1, 0.15) is 6.04 Å². The smallest absolute Gasteiger partial charge is 0.326 e. The molecule has 2 aromatic heterocycles. The Morgan fingerprint density at radius 2 is 1.85 bits per heavy atom. The Labute approximate surface area is 184 Å². The highest BCUT2D eigenvalue weighted by Crippen LogP contribution is 2.16. The summed E-state index contributed by atoms with van der Waals surface area (Å²) in [7, 11) is 0. The number of nitrogens with one attached hydrogen (secondary N) is 2. The summed E-state index contributed by atoms with van der Waals surface area (Å²) in [5.41, 5.74) is 5.54. The minimum atomic E-state index is -1.36. The highest BCUT2D eigenvalue weighted by molar-refractivity contribution is 5.96. The molecule has 14 heteroatoms. The van der Waals surface area contributed by atoms with Crippen molar-refractivity contribution in [3.63, 3.8) is 0 Å². The number of aromatic amines is 1. The van der Waals surface area contributed by atoms with Crippen LogP contribution in [0.5, 0.6) is 0 Å². The van der Waals surface area contributed by atoms with E-state index in [-0.39, 0.29) is 47.0 Å². The van der Waals surface area contributed by atoms with Crippen LogP contribution in [0.25, 0.3) is 11.2 Å². The van der Waals surface area contributed by atoms with Crippen molar-refractivity contribution in [1.82, 2.24) is 25.3 Å². The Balaban J connectivity index is 1.68. The quantitative estimate of drug-likeness (QED) is 0.228. The number of anilines is 2. The predicted molar refractivity (Wildman–Crippen MR) is 113 cm³/mol. The highest BCUT2D eigenvalue weighted by Gasteiger charge is 2.21. The topological polar surface area (TPSA) is 225 Å². The molecule has 14 nitrogen and oxygen atoms in total. The van der Waals surface area contributed by atoms with E-state index >= 15 is 0 Å². The third-order valence-electron chi connectivity index (χ3n) is 4.48. The number of hydroxylamine groups is 1. The molecule has 33 heavy (non-hydrogen) atoms. The fourth-order valence-corrected chi connectivity index (χ4v) is 2.84. The van der Waals surface area contributed by atoms with Crippen LogP contribution in [0.15, 0.2) is 35.3 Å². The van der Waals surface area contributed by atoms with Gasteiger partial charge in [-0.05, 0) is 30.7 Å². The largest absolute Gasteiger partial charge is 0.481 e. The number of benzene rings is 1. The average Bonchev–Trinajstić information content (AvgIpc) is 2.76. The number of aliphatic carboxylic acids is 2. The van der Waals surface area contributed by atoms with Crippen LogP contribution in [0.3, 0.4) is 0 Å². The fourth-order valence-electron chi connectivity index (χ4n) is 2.84. The summed E-state index contributed by atoms with van der Waals surface area (Å²) in [5.74, 6) is -3.34. The molecule has 0 aliphatic heterocycles. The van der Waals surface area contributed by atoms with E-state index in [0.717, 1.165) is 5.06 Å². The average molecular weight is 457 g/mol. The van der Waals surface area contributed by atoms with Gasteiger partial charge in [-0.3, -0.25) is 29.6 Å². The van der Waals surface area contributed by atoms with Gasteiger partial charge in [0.25, 0.3) is 11.5 Å². The first-order valence-electron chi connectivity index (χ1n) is 9.47. The molecule has 0 saturated heterocycles. The van der Waals surface area contributed by atoms with Crippen LogP contribution >= 0.6 is 0 Å². The van der Waals surface area contributed by atoms with Crippen LogP contribution in [0.2, 0.25) is 0 Å². The Bertz CT molecular complexity index is 1260. The molecule has 2 heterocycles. The number of nitrogens with zero attached hydrogens (tertiary/aromatic N) is 4. The lowest BCUT2D eigenvalue weighted by Gasteiger charge is -2.17. The maximum absolute atomic E-state index is 12.3.